The van der Waals surface area contributed by atoms with Crippen LogP contribution < -0.4 is 15.4 Å². The molecule has 4 amide bonds. The van der Waals surface area contributed by atoms with Gasteiger partial charge in [0.25, 0.3) is 5.91 Å². The predicted molar refractivity (Wildman–Crippen MR) is 107 cm³/mol. The number of benzene rings is 2. The quantitative estimate of drug-likeness (QED) is 0.668. The van der Waals surface area contributed by atoms with Gasteiger partial charge in [0.05, 0.1) is 7.11 Å². The minimum absolute atomic E-state index is 0.303. The molecule has 146 valence electrons. The van der Waals surface area contributed by atoms with Gasteiger partial charge in [-0.2, -0.15) is 0 Å². The first-order valence-corrected chi connectivity index (χ1v) is 9.42. The largest absolute Gasteiger partial charge is 0.497 e. The van der Waals surface area contributed by atoms with E-state index in [2.05, 4.69) is 26.6 Å². The number of imide groups is 1. The molecule has 8 heteroatoms. The highest BCUT2D eigenvalue weighted by molar-refractivity contribution is 9.10. The van der Waals surface area contributed by atoms with E-state index >= 15 is 0 Å². The first kappa shape index (κ1) is 19.9. The zero-order valence-electron chi connectivity index (χ0n) is 15.5. The molecule has 0 bridgehead atoms. The second kappa shape index (κ2) is 8.02. The van der Waals surface area contributed by atoms with Crippen LogP contribution in [0.4, 0.5) is 4.79 Å². The molecule has 1 atom stereocenters. The van der Waals surface area contributed by atoms with Gasteiger partial charge in [0.2, 0.25) is 5.91 Å². The van der Waals surface area contributed by atoms with Crippen molar-refractivity contribution in [2.24, 2.45) is 0 Å². The van der Waals surface area contributed by atoms with E-state index in [1.807, 2.05) is 24.3 Å². The molecular formula is C20H20BrN3O4. The fourth-order valence-corrected chi connectivity index (χ4v) is 3.45. The molecule has 0 radical (unpaired) electrons. The number of hydrogen-bond acceptors (Lipinski definition) is 4. The molecule has 1 heterocycles. The van der Waals surface area contributed by atoms with Crippen LogP contribution in [0.5, 0.6) is 5.75 Å². The molecule has 0 spiro atoms. The minimum atomic E-state index is -1.23. The smallest absolute Gasteiger partial charge is 0.325 e. The lowest BCUT2D eigenvalue weighted by atomic mass is 9.92. The summed E-state index contributed by atoms with van der Waals surface area (Å²) in [5.74, 6) is -0.240. The number of rotatable bonds is 6. The van der Waals surface area contributed by atoms with E-state index in [1.165, 1.54) is 0 Å². The Kier molecular flexibility index (Phi) is 5.69. The van der Waals surface area contributed by atoms with Crippen LogP contribution >= 0.6 is 15.9 Å². The fourth-order valence-electron chi connectivity index (χ4n) is 3.01. The number of carbonyl (C=O) groups excluding carboxylic acids is 3. The lowest BCUT2D eigenvalue weighted by molar-refractivity contribution is -0.134. The third kappa shape index (κ3) is 4.01. The number of ether oxygens (including phenoxy) is 1. The second-order valence-corrected chi connectivity index (χ2v) is 7.50. The van der Waals surface area contributed by atoms with Crippen molar-refractivity contribution in [2.75, 3.05) is 13.7 Å². The lowest BCUT2D eigenvalue weighted by Gasteiger charge is -2.22. The average Bonchev–Trinajstić information content (AvgIpc) is 2.90. The van der Waals surface area contributed by atoms with Crippen molar-refractivity contribution < 1.29 is 19.1 Å². The Labute approximate surface area is 171 Å². The van der Waals surface area contributed by atoms with Crippen LogP contribution in [0, 0.1) is 0 Å². The zero-order chi connectivity index (χ0) is 20.3. The highest BCUT2D eigenvalue weighted by atomic mass is 79.9. The zero-order valence-corrected chi connectivity index (χ0v) is 17.1. The van der Waals surface area contributed by atoms with E-state index in [-0.39, 0.29) is 6.54 Å². The molecule has 3 rings (SSSR count). The van der Waals surface area contributed by atoms with Crippen LogP contribution in [0.15, 0.2) is 53.0 Å². The van der Waals surface area contributed by atoms with Gasteiger partial charge in [-0.25, -0.2) is 4.79 Å². The molecule has 1 aliphatic heterocycles. The van der Waals surface area contributed by atoms with Gasteiger partial charge in [0, 0.05) is 11.0 Å². The van der Waals surface area contributed by atoms with Gasteiger partial charge in [-0.15, -0.1) is 0 Å². The van der Waals surface area contributed by atoms with Crippen molar-refractivity contribution in [1.29, 1.82) is 0 Å². The van der Waals surface area contributed by atoms with E-state index in [0.717, 1.165) is 14.9 Å². The van der Waals surface area contributed by atoms with Gasteiger partial charge >= 0.3 is 6.03 Å². The summed E-state index contributed by atoms with van der Waals surface area (Å²) in [4.78, 5) is 38.4. The minimum Gasteiger partial charge on any atom is -0.497 e. The molecule has 1 saturated heterocycles. The summed E-state index contributed by atoms with van der Waals surface area (Å²) in [5, 5.41) is 5.41. The van der Waals surface area contributed by atoms with E-state index in [0.29, 0.717) is 17.9 Å². The predicted octanol–water partition coefficient (Wildman–Crippen LogP) is 2.54. The Morgan fingerprint density at radius 3 is 2.57 bits per heavy atom. The number of halogens is 1. The maximum Gasteiger partial charge on any atom is 0.325 e. The van der Waals surface area contributed by atoms with Crippen molar-refractivity contribution in [1.82, 2.24) is 15.5 Å². The standard InChI is InChI=1S/C20H20BrN3O4/c1-20(14-6-8-16(28-2)9-7-14)18(26)24(19(27)23-20)12-17(25)22-11-13-4-3-5-15(21)10-13/h3-10H,11-12H2,1-2H3,(H,22,25)(H,23,27). The highest BCUT2D eigenvalue weighted by Crippen LogP contribution is 2.29. The van der Waals surface area contributed by atoms with Crippen molar-refractivity contribution in [3.8, 4) is 5.75 Å². The normalized spacial score (nSPS) is 18.8. The Bertz CT molecular complexity index is 916. The Morgan fingerprint density at radius 2 is 1.93 bits per heavy atom. The number of hydrogen-bond donors (Lipinski definition) is 2. The van der Waals surface area contributed by atoms with E-state index in [4.69, 9.17) is 4.74 Å². The molecule has 0 saturated carbocycles. The third-order valence-electron chi connectivity index (χ3n) is 4.62. The summed E-state index contributed by atoms with van der Waals surface area (Å²) in [6.45, 7) is 1.58. The number of amides is 4. The van der Waals surface area contributed by atoms with Crippen LogP contribution in [0.25, 0.3) is 0 Å². The van der Waals surface area contributed by atoms with Gasteiger partial charge in [-0.05, 0) is 42.3 Å². The maximum atomic E-state index is 12.9. The fraction of sp³-hybridized carbons (Fsp3) is 0.250. The van der Waals surface area contributed by atoms with Crippen molar-refractivity contribution in [2.45, 2.75) is 19.0 Å². The van der Waals surface area contributed by atoms with Gasteiger partial charge in [-0.1, -0.05) is 40.2 Å². The third-order valence-corrected chi connectivity index (χ3v) is 5.12. The van der Waals surface area contributed by atoms with Gasteiger partial charge < -0.3 is 15.4 Å². The number of carbonyl (C=O) groups is 3. The Hall–Kier alpha value is -2.87. The monoisotopic (exact) mass is 445 g/mol. The number of nitrogens with one attached hydrogen (secondary N) is 2. The van der Waals surface area contributed by atoms with Crippen LogP contribution in [0.2, 0.25) is 0 Å². The van der Waals surface area contributed by atoms with Crippen LogP contribution in [0.1, 0.15) is 18.1 Å². The molecule has 1 unspecified atom stereocenters. The van der Waals surface area contributed by atoms with E-state index in [9.17, 15) is 14.4 Å². The molecule has 0 aromatic heterocycles. The Balaban J connectivity index is 1.66. The number of methoxy groups -OCH3 is 1. The molecule has 1 aliphatic rings. The van der Waals surface area contributed by atoms with Crippen LogP contribution in [-0.2, 0) is 21.7 Å². The van der Waals surface area contributed by atoms with Gasteiger partial charge in [0.1, 0.15) is 17.8 Å². The topological polar surface area (TPSA) is 87.7 Å². The second-order valence-electron chi connectivity index (χ2n) is 6.58. The molecule has 2 aromatic carbocycles. The first-order chi connectivity index (χ1) is 13.3. The number of nitrogens with zero attached hydrogens (tertiary/aromatic N) is 1. The molecule has 7 nitrogen and oxygen atoms in total. The molecular weight excluding hydrogens is 426 g/mol. The van der Waals surface area contributed by atoms with E-state index < -0.39 is 23.4 Å². The number of urea groups is 1. The van der Waals surface area contributed by atoms with Crippen LogP contribution in [0.3, 0.4) is 0 Å². The maximum absolute atomic E-state index is 12.9. The van der Waals surface area contributed by atoms with Crippen LogP contribution in [-0.4, -0.2) is 36.4 Å². The lowest BCUT2D eigenvalue weighted by Crippen LogP contribution is -2.43. The summed E-state index contributed by atoms with van der Waals surface area (Å²) >= 11 is 3.37. The summed E-state index contributed by atoms with van der Waals surface area (Å²) in [7, 11) is 1.55. The Morgan fingerprint density at radius 1 is 1.21 bits per heavy atom. The SMILES string of the molecule is COc1ccc(C2(C)NC(=O)N(CC(=O)NCc3cccc(Br)c3)C2=O)cc1. The summed E-state index contributed by atoms with van der Waals surface area (Å²) in [6, 6.07) is 13.8. The summed E-state index contributed by atoms with van der Waals surface area (Å²) in [6.07, 6.45) is 0. The molecule has 1 fully saturated rings. The van der Waals surface area contributed by atoms with Gasteiger partial charge in [-0.3, -0.25) is 14.5 Å². The van der Waals surface area contributed by atoms with Crippen molar-refractivity contribution >= 4 is 33.8 Å². The van der Waals surface area contributed by atoms with Crippen molar-refractivity contribution in [3.05, 3.63) is 64.1 Å². The molecule has 2 N–H and O–H groups in total. The first-order valence-electron chi connectivity index (χ1n) is 8.63. The molecule has 0 aliphatic carbocycles. The van der Waals surface area contributed by atoms with Crippen molar-refractivity contribution in [3.63, 3.8) is 0 Å². The van der Waals surface area contributed by atoms with E-state index in [1.54, 1.807) is 38.3 Å². The highest BCUT2D eigenvalue weighted by Gasteiger charge is 2.49. The summed E-state index contributed by atoms with van der Waals surface area (Å²) < 4.78 is 6.02. The van der Waals surface area contributed by atoms with Gasteiger partial charge in [0.15, 0.2) is 0 Å². The average molecular weight is 446 g/mol. The summed E-state index contributed by atoms with van der Waals surface area (Å²) in [5.41, 5.74) is 0.292. The molecule has 28 heavy (non-hydrogen) atoms. The molecule has 2 aromatic rings.